The average Bonchev–Trinajstić information content (AvgIpc) is 3.58. The Kier molecular flexibility index (Phi) is 8.35. The molecule has 0 bridgehead atoms. The number of anilines is 3. The van der Waals surface area contributed by atoms with E-state index in [0.29, 0.717) is 0 Å². The highest BCUT2D eigenvalue weighted by Gasteiger charge is 2.24. The molecule has 0 aliphatic heterocycles. The van der Waals surface area contributed by atoms with Crippen molar-refractivity contribution in [3.8, 4) is 16.8 Å². The summed E-state index contributed by atoms with van der Waals surface area (Å²) in [6, 6.07) is 59.6. The van der Waals surface area contributed by atoms with E-state index in [9.17, 15) is 0 Å². The second-order valence-electron chi connectivity index (χ2n) is 18.3. The summed E-state index contributed by atoms with van der Waals surface area (Å²) >= 11 is 0. The Morgan fingerprint density at radius 1 is 0.431 bits per heavy atom. The van der Waals surface area contributed by atoms with Crippen LogP contribution < -0.4 is 15.3 Å². The van der Waals surface area contributed by atoms with E-state index in [0.717, 1.165) is 5.69 Å². The van der Waals surface area contributed by atoms with Gasteiger partial charge in [0, 0.05) is 33.5 Å². The molecule has 284 valence electrons. The Labute approximate surface area is 344 Å². The summed E-state index contributed by atoms with van der Waals surface area (Å²) in [6.45, 7) is 19.1. The third-order valence-electron chi connectivity index (χ3n) is 12.6. The van der Waals surface area contributed by atoms with Gasteiger partial charge in [0.05, 0.1) is 27.2 Å². The molecule has 0 unspecified atom stereocenters. The van der Waals surface area contributed by atoms with E-state index in [2.05, 4.69) is 220 Å². The fourth-order valence-electron chi connectivity index (χ4n) is 9.48. The van der Waals surface area contributed by atoms with Gasteiger partial charge in [-0.2, -0.15) is 0 Å². The molecule has 0 spiro atoms. The highest BCUT2D eigenvalue weighted by Crippen LogP contribution is 2.47. The maximum absolute atomic E-state index is 2.47. The number of hydrogen-bond acceptors (Lipinski definition) is 1. The molecule has 10 aromatic rings. The van der Waals surface area contributed by atoms with Gasteiger partial charge in [0.25, 0.3) is 0 Å². The molecule has 0 amide bonds. The van der Waals surface area contributed by atoms with Gasteiger partial charge in [0.2, 0.25) is 0 Å². The second kappa shape index (κ2) is 13.3. The lowest BCUT2D eigenvalue weighted by atomic mass is 9.85. The quantitative estimate of drug-likeness (QED) is 0.115. The van der Waals surface area contributed by atoms with Gasteiger partial charge < -0.3 is 9.47 Å². The van der Waals surface area contributed by atoms with Crippen LogP contribution in [0.15, 0.2) is 158 Å². The van der Waals surface area contributed by atoms with Crippen molar-refractivity contribution >= 4 is 97.7 Å². The van der Waals surface area contributed by atoms with Crippen LogP contribution in [-0.4, -0.2) is 20.7 Å². The zero-order valence-corrected chi connectivity index (χ0v) is 36.9. The van der Waals surface area contributed by atoms with Crippen molar-refractivity contribution in [3.63, 3.8) is 0 Å². The maximum atomic E-state index is 2.47. The molecular formula is C54H50N2Si2. The van der Waals surface area contributed by atoms with Crippen molar-refractivity contribution in [3.05, 3.63) is 169 Å². The molecular weight excluding hydrogens is 733 g/mol. The van der Waals surface area contributed by atoms with Gasteiger partial charge >= 0.3 is 0 Å². The van der Waals surface area contributed by atoms with Gasteiger partial charge in [-0.1, -0.05) is 153 Å². The highest BCUT2D eigenvalue weighted by atomic mass is 28.3. The van der Waals surface area contributed by atoms with Crippen LogP contribution in [0, 0.1) is 13.8 Å². The third-order valence-corrected chi connectivity index (χ3v) is 16.7. The van der Waals surface area contributed by atoms with Crippen LogP contribution in [0.1, 0.15) is 11.1 Å². The summed E-state index contributed by atoms with van der Waals surface area (Å²) in [5.74, 6) is 0. The van der Waals surface area contributed by atoms with Crippen molar-refractivity contribution < 1.29 is 0 Å². The first kappa shape index (κ1) is 36.4. The third kappa shape index (κ3) is 5.72. The van der Waals surface area contributed by atoms with Crippen molar-refractivity contribution in [1.29, 1.82) is 0 Å². The van der Waals surface area contributed by atoms with E-state index >= 15 is 0 Å². The van der Waals surface area contributed by atoms with Gasteiger partial charge in [-0.25, -0.2) is 0 Å². The molecule has 2 nitrogen and oxygen atoms in total. The van der Waals surface area contributed by atoms with Gasteiger partial charge in [-0.05, 0) is 123 Å². The van der Waals surface area contributed by atoms with Crippen LogP contribution in [0.2, 0.25) is 39.3 Å². The molecule has 0 radical (unpaired) electrons. The molecule has 1 heterocycles. The molecule has 0 saturated heterocycles. The van der Waals surface area contributed by atoms with Crippen LogP contribution in [0.4, 0.5) is 17.1 Å². The van der Waals surface area contributed by atoms with E-state index in [1.807, 2.05) is 0 Å². The van der Waals surface area contributed by atoms with E-state index < -0.39 is 16.1 Å². The number of benzene rings is 9. The first-order chi connectivity index (χ1) is 27.9. The molecule has 0 aliphatic carbocycles. The van der Waals surface area contributed by atoms with Crippen molar-refractivity contribution in [2.24, 2.45) is 0 Å². The number of rotatable bonds is 7. The second-order valence-corrected chi connectivity index (χ2v) is 28.5. The maximum Gasteiger partial charge on any atom is 0.0775 e. The highest BCUT2D eigenvalue weighted by molar-refractivity contribution is 6.89. The molecule has 1 aromatic heterocycles. The molecule has 9 aromatic carbocycles. The van der Waals surface area contributed by atoms with Crippen LogP contribution >= 0.6 is 0 Å². The Bertz CT molecular complexity index is 3110. The zero-order valence-electron chi connectivity index (χ0n) is 34.9. The molecule has 0 N–H and O–H groups in total. The molecule has 0 atom stereocenters. The number of aromatic nitrogens is 1. The van der Waals surface area contributed by atoms with Gasteiger partial charge in [-0.15, -0.1) is 0 Å². The average molecular weight is 783 g/mol. The van der Waals surface area contributed by atoms with E-state index in [1.165, 1.54) is 104 Å². The van der Waals surface area contributed by atoms with E-state index in [1.54, 1.807) is 0 Å². The van der Waals surface area contributed by atoms with Crippen LogP contribution in [0.5, 0.6) is 0 Å². The van der Waals surface area contributed by atoms with Crippen molar-refractivity contribution in [2.45, 2.75) is 53.1 Å². The molecule has 0 saturated carbocycles. The van der Waals surface area contributed by atoms with Gasteiger partial charge in [0.15, 0.2) is 0 Å². The monoisotopic (exact) mass is 782 g/mol. The molecule has 58 heavy (non-hydrogen) atoms. The standard InChI is InChI=1S/C54H50N2Si2/c1-35-34-49(37-18-20-39(21-19-37)55(40-22-26-42(27-23-40)57(3,4)5)41-24-28-43(29-25-41)58(6,7)8)46-32-31-45-36(2)54-53(48-33-30-44(35)51(46)52(45)48)47-16-12-13-17-50(47)56(54)38-14-10-9-11-15-38/h9-34H,1-8H3. The number of nitrogens with zero attached hydrogens (tertiary/aromatic N) is 2. The Balaban J connectivity index is 1.15. The predicted octanol–water partition coefficient (Wildman–Crippen LogP) is 14.5. The van der Waals surface area contributed by atoms with Crippen LogP contribution in [0.3, 0.4) is 0 Å². The minimum absolute atomic E-state index is 1.16. The lowest BCUT2D eigenvalue weighted by molar-refractivity contribution is 1.17. The summed E-state index contributed by atoms with van der Waals surface area (Å²) in [7, 11) is -2.87. The van der Waals surface area contributed by atoms with Crippen LogP contribution in [0.25, 0.3) is 70.9 Å². The van der Waals surface area contributed by atoms with E-state index in [4.69, 9.17) is 0 Å². The summed E-state index contributed by atoms with van der Waals surface area (Å²) in [5, 5.41) is 13.6. The SMILES string of the molecule is Cc1cc(-c2ccc(N(c3ccc([Si](C)(C)C)cc3)c3ccc([Si](C)(C)C)cc3)cc2)c2ccc3c(C)c4c(c5ccc1c2c35)c1ccccc1n4-c1ccccc1. The van der Waals surface area contributed by atoms with Crippen molar-refractivity contribution in [2.75, 3.05) is 4.90 Å². The fourth-order valence-corrected chi connectivity index (χ4v) is 11.8. The Hall–Kier alpha value is -5.95. The minimum Gasteiger partial charge on any atom is -0.311 e. The zero-order chi connectivity index (χ0) is 40.1. The number of aryl methyl sites for hydroxylation is 2. The Morgan fingerprint density at radius 3 is 1.53 bits per heavy atom. The normalized spacial score (nSPS) is 12.5. The number of hydrogen-bond donors (Lipinski definition) is 0. The first-order valence-electron chi connectivity index (χ1n) is 20.7. The smallest absolute Gasteiger partial charge is 0.0775 e. The fraction of sp³-hybridized carbons (Fsp3) is 0.148. The molecule has 4 heteroatoms. The molecule has 0 fully saturated rings. The molecule has 10 rings (SSSR count). The summed E-state index contributed by atoms with van der Waals surface area (Å²) in [4.78, 5) is 2.42. The van der Waals surface area contributed by atoms with Crippen LogP contribution in [-0.2, 0) is 0 Å². The van der Waals surface area contributed by atoms with Crippen molar-refractivity contribution in [1.82, 2.24) is 4.57 Å². The topological polar surface area (TPSA) is 8.17 Å². The molecule has 0 aliphatic rings. The number of fused-ring (bicyclic) bond motifs is 4. The first-order valence-corrected chi connectivity index (χ1v) is 27.7. The largest absolute Gasteiger partial charge is 0.311 e. The minimum atomic E-state index is -1.43. The van der Waals surface area contributed by atoms with E-state index in [-0.39, 0.29) is 0 Å². The predicted molar refractivity (Wildman–Crippen MR) is 260 cm³/mol. The summed E-state index contributed by atoms with van der Waals surface area (Å²) in [6.07, 6.45) is 0. The van der Waals surface area contributed by atoms with Gasteiger partial charge in [0.1, 0.15) is 0 Å². The number of para-hydroxylation sites is 2. The summed E-state index contributed by atoms with van der Waals surface area (Å²) < 4.78 is 2.47. The lowest BCUT2D eigenvalue weighted by Crippen LogP contribution is -2.37. The Morgan fingerprint density at radius 2 is 0.931 bits per heavy atom. The van der Waals surface area contributed by atoms with Gasteiger partial charge in [-0.3, -0.25) is 0 Å². The lowest BCUT2D eigenvalue weighted by Gasteiger charge is -2.28. The summed E-state index contributed by atoms with van der Waals surface area (Å²) in [5.41, 5.74) is 12.4.